The predicted octanol–water partition coefficient (Wildman–Crippen LogP) is 4.05. The molecule has 0 aliphatic rings. The second-order valence-corrected chi connectivity index (χ2v) is 7.30. The number of imidazole rings is 1. The van der Waals surface area contributed by atoms with Crippen molar-refractivity contribution < 1.29 is 0 Å². The normalized spacial score (nSPS) is 11.4. The highest BCUT2D eigenvalue weighted by Gasteiger charge is 2.13. The number of nitrogens with zero attached hydrogens (tertiary/aromatic N) is 4. The van der Waals surface area contributed by atoms with Gasteiger partial charge in [0.25, 0.3) is 0 Å². The van der Waals surface area contributed by atoms with Crippen molar-refractivity contribution in [3.05, 3.63) is 71.2 Å². The molecule has 6 nitrogen and oxygen atoms in total. The number of benzene rings is 1. The third-order valence-electron chi connectivity index (χ3n) is 3.82. The first-order valence-electron chi connectivity index (χ1n) is 7.87. The molecule has 0 atom stereocenters. The van der Waals surface area contributed by atoms with Crippen LogP contribution in [0, 0.1) is 0 Å². The Bertz CT molecular complexity index is 1050. The van der Waals surface area contributed by atoms with Crippen LogP contribution >= 0.6 is 22.7 Å². The van der Waals surface area contributed by atoms with Gasteiger partial charge in [0.2, 0.25) is 0 Å². The Morgan fingerprint density at radius 1 is 1.23 bits per heavy atom. The van der Waals surface area contributed by atoms with Gasteiger partial charge in [0.15, 0.2) is 0 Å². The van der Waals surface area contributed by atoms with Crippen molar-refractivity contribution in [3.8, 4) is 10.6 Å². The van der Waals surface area contributed by atoms with Crippen molar-refractivity contribution in [2.75, 3.05) is 0 Å². The standard InChI is InChI=1S/C18H16N6S2/c1-12(17-20-5-8-25-17)24(7-4-19)11-16-22-14-3-2-13(10-15(14)23-16)18-21-6-9-26-18/h2-10H,1,11,19H2,(H,22,23)/b7-4-. The van der Waals surface area contributed by atoms with Crippen molar-refractivity contribution >= 4 is 39.4 Å². The summed E-state index contributed by atoms with van der Waals surface area (Å²) in [5.41, 5.74) is 9.36. The lowest BCUT2D eigenvalue weighted by Gasteiger charge is -2.19. The minimum atomic E-state index is 0.521. The molecule has 0 unspecified atom stereocenters. The molecule has 1 aromatic carbocycles. The van der Waals surface area contributed by atoms with Crippen molar-refractivity contribution in [3.63, 3.8) is 0 Å². The summed E-state index contributed by atoms with van der Waals surface area (Å²) in [6, 6.07) is 6.12. The Labute approximate surface area is 158 Å². The number of rotatable bonds is 6. The van der Waals surface area contributed by atoms with E-state index in [0.717, 1.165) is 38.1 Å². The quantitative estimate of drug-likeness (QED) is 0.527. The highest BCUT2D eigenvalue weighted by molar-refractivity contribution is 7.13. The van der Waals surface area contributed by atoms with Gasteiger partial charge in [-0.1, -0.05) is 6.58 Å². The van der Waals surface area contributed by atoms with Crippen LogP contribution in [0.15, 0.2) is 60.3 Å². The minimum Gasteiger partial charge on any atom is -0.403 e. The van der Waals surface area contributed by atoms with E-state index in [4.69, 9.17) is 5.73 Å². The monoisotopic (exact) mass is 380 g/mol. The molecule has 0 fully saturated rings. The van der Waals surface area contributed by atoms with Gasteiger partial charge in [0.1, 0.15) is 15.8 Å². The molecule has 0 radical (unpaired) electrons. The fourth-order valence-corrected chi connectivity index (χ4v) is 3.89. The molecule has 3 aromatic heterocycles. The van der Waals surface area contributed by atoms with E-state index in [1.54, 1.807) is 23.7 Å². The zero-order chi connectivity index (χ0) is 17.9. The first-order chi connectivity index (χ1) is 12.7. The van der Waals surface area contributed by atoms with Crippen LogP contribution in [0.2, 0.25) is 0 Å². The van der Waals surface area contributed by atoms with Crippen molar-refractivity contribution in [2.45, 2.75) is 6.54 Å². The highest BCUT2D eigenvalue weighted by Crippen LogP contribution is 2.26. The summed E-state index contributed by atoms with van der Waals surface area (Å²) in [7, 11) is 0. The van der Waals surface area contributed by atoms with Gasteiger partial charge in [-0.15, -0.1) is 22.7 Å². The van der Waals surface area contributed by atoms with Crippen molar-refractivity contribution in [1.82, 2.24) is 24.8 Å². The van der Waals surface area contributed by atoms with Gasteiger partial charge >= 0.3 is 0 Å². The van der Waals surface area contributed by atoms with E-state index in [9.17, 15) is 0 Å². The molecule has 0 saturated carbocycles. The Kier molecular flexibility index (Phi) is 4.51. The second-order valence-electron chi connectivity index (χ2n) is 5.51. The Hall–Kier alpha value is -2.97. The number of nitrogens with two attached hydrogens (primary N) is 1. The summed E-state index contributed by atoms with van der Waals surface area (Å²) >= 11 is 3.15. The fourth-order valence-electron chi connectivity index (χ4n) is 2.63. The van der Waals surface area contributed by atoms with Gasteiger partial charge < -0.3 is 15.6 Å². The maximum Gasteiger partial charge on any atom is 0.139 e. The third-order valence-corrected chi connectivity index (χ3v) is 5.47. The van der Waals surface area contributed by atoms with Crippen LogP contribution in [-0.2, 0) is 6.54 Å². The van der Waals surface area contributed by atoms with Gasteiger partial charge in [0, 0.05) is 41.1 Å². The lowest BCUT2D eigenvalue weighted by molar-refractivity contribution is 0.510. The van der Waals surface area contributed by atoms with E-state index in [1.165, 1.54) is 17.5 Å². The molecule has 0 spiro atoms. The minimum absolute atomic E-state index is 0.521. The summed E-state index contributed by atoms with van der Waals surface area (Å²) in [6.45, 7) is 4.65. The Balaban J connectivity index is 1.62. The molecule has 0 amide bonds. The number of H-pyrrole nitrogens is 1. The summed E-state index contributed by atoms with van der Waals surface area (Å²) in [4.78, 5) is 18.7. The maximum absolute atomic E-state index is 5.61. The molecule has 26 heavy (non-hydrogen) atoms. The number of aromatic nitrogens is 4. The lowest BCUT2D eigenvalue weighted by Crippen LogP contribution is -2.16. The zero-order valence-electron chi connectivity index (χ0n) is 13.8. The van der Waals surface area contributed by atoms with E-state index in [2.05, 4.69) is 32.6 Å². The number of nitrogens with one attached hydrogen (secondary N) is 1. The molecular weight excluding hydrogens is 364 g/mol. The van der Waals surface area contributed by atoms with Gasteiger partial charge in [0.05, 0.1) is 23.3 Å². The molecule has 4 aromatic rings. The van der Waals surface area contributed by atoms with Gasteiger partial charge in [-0.25, -0.2) is 15.0 Å². The Morgan fingerprint density at radius 2 is 2.08 bits per heavy atom. The van der Waals surface area contributed by atoms with Crippen molar-refractivity contribution in [2.24, 2.45) is 5.73 Å². The molecule has 0 aliphatic heterocycles. The van der Waals surface area contributed by atoms with E-state index < -0.39 is 0 Å². The van der Waals surface area contributed by atoms with Crippen LogP contribution in [0.1, 0.15) is 10.8 Å². The number of aromatic amines is 1. The molecule has 0 aliphatic carbocycles. The predicted molar refractivity (Wildman–Crippen MR) is 107 cm³/mol. The first-order valence-corrected chi connectivity index (χ1v) is 9.63. The van der Waals surface area contributed by atoms with E-state index in [1.807, 2.05) is 34.0 Å². The summed E-state index contributed by atoms with van der Waals surface area (Å²) in [5.74, 6) is 0.826. The fraction of sp³-hybridized carbons (Fsp3) is 0.0556. The molecule has 3 N–H and O–H groups in total. The lowest BCUT2D eigenvalue weighted by atomic mass is 10.2. The van der Waals surface area contributed by atoms with Gasteiger partial charge in [-0.05, 0) is 18.2 Å². The largest absolute Gasteiger partial charge is 0.403 e. The average molecular weight is 381 g/mol. The summed E-state index contributed by atoms with van der Waals surface area (Å²) < 4.78 is 0. The van der Waals surface area contributed by atoms with Gasteiger partial charge in [-0.2, -0.15) is 0 Å². The van der Waals surface area contributed by atoms with E-state index >= 15 is 0 Å². The van der Waals surface area contributed by atoms with Crippen LogP contribution in [0.25, 0.3) is 27.3 Å². The maximum atomic E-state index is 5.61. The van der Waals surface area contributed by atoms with Crippen LogP contribution in [0.3, 0.4) is 0 Å². The molecule has 4 rings (SSSR count). The number of thiazole rings is 2. The van der Waals surface area contributed by atoms with E-state index in [0.29, 0.717) is 6.54 Å². The summed E-state index contributed by atoms with van der Waals surface area (Å²) in [6.07, 6.45) is 6.83. The SMILES string of the molecule is C=C(c1nccs1)N(/C=C\N)Cc1nc2ccc(-c3nccs3)cc2[nH]1. The van der Waals surface area contributed by atoms with Gasteiger partial charge in [-0.3, -0.25) is 0 Å². The molecule has 3 heterocycles. The summed E-state index contributed by atoms with van der Waals surface area (Å²) in [5, 5.41) is 5.74. The Morgan fingerprint density at radius 3 is 2.81 bits per heavy atom. The topological polar surface area (TPSA) is 83.7 Å². The van der Waals surface area contributed by atoms with Crippen molar-refractivity contribution in [1.29, 1.82) is 0 Å². The highest BCUT2D eigenvalue weighted by atomic mass is 32.1. The third kappa shape index (κ3) is 3.24. The number of hydrogen-bond acceptors (Lipinski definition) is 7. The molecular formula is C18H16N6S2. The second kappa shape index (κ2) is 7.11. The average Bonchev–Trinajstić information content (AvgIpc) is 3.40. The number of hydrogen-bond donors (Lipinski definition) is 2. The van der Waals surface area contributed by atoms with Crippen LogP contribution in [0.5, 0.6) is 0 Å². The van der Waals surface area contributed by atoms with E-state index in [-0.39, 0.29) is 0 Å². The zero-order valence-corrected chi connectivity index (χ0v) is 15.4. The molecule has 0 saturated heterocycles. The molecule has 130 valence electrons. The first kappa shape index (κ1) is 16.5. The number of fused-ring (bicyclic) bond motifs is 1. The molecule has 8 heteroatoms. The smallest absolute Gasteiger partial charge is 0.139 e. The van der Waals surface area contributed by atoms with Crippen LogP contribution in [-0.4, -0.2) is 24.8 Å². The van der Waals surface area contributed by atoms with Crippen LogP contribution in [0.4, 0.5) is 0 Å². The van der Waals surface area contributed by atoms with Crippen LogP contribution < -0.4 is 5.73 Å². The molecule has 0 bridgehead atoms.